The third-order valence-corrected chi connectivity index (χ3v) is 4.24. The molecule has 1 saturated heterocycles. The van der Waals surface area contributed by atoms with E-state index in [1.165, 1.54) is 0 Å². The molecule has 21 heavy (non-hydrogen) atoms. The normalized spacial score (nSPS) is 24.1. The van der Waals surface area contributed by atoms with E-state index in [-0.39, 0.29) is 17.7 Å². The highest BCUT2D eigenvalue weighted by Gasteiger charge is 2.41. The van der Waals surface area contributed by atoms with Gasteiger partial charge in [0.15, 0.2) is 0 Å². The van der Waals surface area contributed by atoms with E-state index in [1.54, 1.807) is 15.8 Å². The van der Waals surface area contributed by atoms with Crippen LogP contribution in [0, 0.1) is 5.92 Å². The van der Waals surface area contributed by atoms with E-state index in [0.29, 0.717) is 13.0 Å². The molecule has 1 N–H and O–H groups in total. The molecule has 2 amide bonds. The van der Waals surface area contributed by atoms with Crippen LogP contribution in [0.5, 0.6) is 0 Å². The third kappa shape index (κ3) is 3.09. The zero-order chi connectivity index (χ0) is 15.6. The smallest absolute Gasteiger partial charge is 0.246 e. The highest BCUT2D eigenvalue weighted by Crippen LogP contribution is 2.21. The van der Waals surface area contributed by atoms with Crippen LogP contribution in [0.2, 0.25) is 0 Å². The first-order valence-electron chi connectivity index (χ1n) is 7.56. The minimum absolute atomic E-state index is 0.0136. The summed E-state index contributed by atoms with van der Waals surface area (Å²) in [7, 11) is 1.84. The molecular weight excluding hydrogens is 268 g/mol. The van der Waals surface area contributed by atoms with Crippen LogP contribution in [0.25, 0.3) is 0 Å². The van der Waals surface area contributed by atoms with Crippen LogP contribution in [0.3, 0.4) is 0 Å². The average molecular weight is 292 g/mol. The van der Waals surface area contributed by atoms with E-state index < -0.39 is 12.1 Å². The molecule has 0 radical (unpaired) electrons. The Labute approximate surface area is 125 Å². The molecule has 1 aliphatic heterocycles. The highest BCUT2D eigenvalue weighted by atomic mass is 16.2. The molecule has 0 aliphatic carbocycles. The van der Waals surface area contributed by atoms with Crippen LogP contribution in [-0.2, 0) is 23.2 Å². The molecule has 1 aliphatic rings. The zero-order valence-electron chi connectivity index (χ0n) is 13.2. The molecule has 2 rings (SSSR count). The number of aryl methyl sites for hydroxylation is 1. The van der Waals surface area contributed by atoms with Crippen LogP contribution < -0.4 is 5.32 Å². The van der Waals surface area contributed by atoms with E-state index in [4.69, 9.17) is 0 Å². The Morgan fingerprint density at radius 3 is 2.62 bits per heavy atom. The molecule has 2 heterocycles. The maximum Gasteiger partial charge on any atom is 0.246 e. The molecule has 6 nitrogen and oxygen atoms in total. The zero-order valence-corrected chi connectivity index (χ0v) is 13.2. The maximum atomic E-state index is 12.7. The predicted octanol–water partition coefficient (Wildman–Crippen LogP) is 1.07. The van der Waals surface area contributed by atoms with Crippen molar-refractivity contribution in [3.63, 3.8) is 0 Å². The van der Waals surface area contributed by atoms with Gasteiger partial charge < -0.3 is 10.2 Å². The molecule has 0 aromatic carbocycles. The number of nitrogens with zero attached hydrogens (tertiary/aromatic N) is 3. The Kier molecular flexibility index (Phi) is 4.65. The molecule has 3 unspecified atom stereocenters. The molecule has 1 aromatic heterocycles. The highest BCUT2D eigenvalue weighted by molar-refractivity contribution is 5.97. The summed E-state index contributed by atoms with van der Waals surface area (Å²) in [5, 5.41) is 7.01. The van der Waals surface area contributed by atoms with Gasteiger partial charge in [0.05, 0.1) is 6.20 Å². The number of carbonyl (C=O) groups is 2. The number of aromatic nitrogens is 2. The minimum Gasteiger partial charge on any atom is -0.342 e. The first-order chi connectivity index (χ1) is 9.97. The lowest BCUT2D eigenvalue weighted by molar-refractivity contribution is -0.151. The average Bonchev–Trinajstić information content (AvgIpc) is 2.87. The number of carbonyl (C=O) groups excluding carboxylic acids is 2. The molecule has 1 fully saturated rings. The SMILES string of the molecule is CCC(C)C1NC(=O)C(CC)N(Cc2cnn(C)c2)C1=O. The van der Waals surface area contributed by atoms with Gasteiger partial charge in [0.2, 0.25) is 11.8 Å². The second-order valence-electron chi connectivity index (χ2n) is 5.78. The molecule has 6 heteroatoms. The monoisotopic (exact) mass is 292 g/mol. The van der Waals surface area contributed by atoms with Crippen LogP contribution in [0.15, 0.2) is 12.4 Å². The van der Waals surface area contributed by atoms with Crippen LogP contribution in [0.4, 0.5) is 0 Å². The van der Waals surface area contributed by atoms with Gasteiger partial charge in [-0.25, -0.2) is 0 Å². The number of amides is 2. The molecular formula is C15H24N4O2. The van der Waals surface area contributed by atoms with Crippen molar-refractivity contribution in [1.82, 2.24) is 20.0 Å². The van der Waals surface area contributed by atoms with Crippen molar-refractivity contribution in [2.24, 2.45) is 13.0 Å². The van der Waals surface area contributed by atoms with Crippen LogP contribution >= 0.6 is 0 Å². The number of hydrogen-bond acceptors (Lipinski definition) is 3. The van der Waals surface area contributed by atoms with Crippen molar-refractivity contribution in [2.45, 2.75) is 52.2 Å². The fourth-order valence-electron chi connectivity index (χ4n) is 2.75. The topological polar surface area (TPSA) is 67.2 Å². The van der Waals surface area contributed by atoms with E-state index in [1.807, 2.05) is 34.0 Å². The summed E-state index contributed by atoms with van der Waals surface area (Å²) in [5.74, 6) is 0.0987. The lowest BCUT2D eigenvalue weighted by atomic mass is 9.93. The predicted molar refractivity (Wildman–Crippen MR) is 79.2 cm³/mol. The van der Waals surface area contributed by atoms with Gasteiger partial charge in [0.25, 0.3) is 0 Å². The van der Waals surface area contributed by atoms with Crippen LogP contribution in [0.1, 0.15) is 39.2 Å². The third-order valence-electron chi connectivity index (χ3n) is 4.24. The second-order valence-corrected chi connectivity index (χ2v) is 5.78. The first-order valence-corrected chi connectivity index (χ1v) is 7.56. The number of nitrogens with one attached hydrogen (secondary N) is 1. The first kappa shape index (κ1) is 15.5. The summed E-state index contributed by atoms with van der Waals surface area (Å²) in [4.78, 5) is 26.7. The van der Waals surface area contributed by atoms with E-state index >= 15 is 0 Å². The molecule has 0 saturated carbocycles. The Hall–Kier alpha value is -1.85. The van der Waals surface area contributed by atoms with E-state index in [0.717, 1.165) is 12.0 Å². The number of hydrogen-bond donors (Lipinski definition) is 1. The lowest BCUT2D eigenvalue weighted by Gasteiger charge is -2.40. The van der Waals surface area contributed by atoms with Crippen molar-refractivity contribution in [1.29, 1.82) is 0 Å². The van der Waals surface area contributed by atoms with Gasteiger partial charge in [0.1, 0.15) is 12.1 Å². The van der Waals surface area contributed by atoms with Crippen molar-refractivity contribution in [2.75, 3.05) is 0 Å². The maximum absolute atomic E-state index is 12.7. The standard InChI is InChI=1S/C15H24N4O2/c1-5-10(3)13-15(21)19(12(6-2)14(20)17-13)9-11-7-16-18(4)8-11/h7-8,10,12-13H,5-6,9H2,1-4H3,(H,17,20). The van der Waals surface area contributed by atoms with Gasteiger partial charge in [-0.05, 0) is 12.3 Å². The van der Waals surface area contributed by atoms with Crippen molar-refractivity contribution in [3.05, 3.63) is 18.0 Å². The van der Waals surface area contributed by atoms with Gasteiger partial charge in [-0.3, -0.25) is 14.3 Å². The van der Waals surface area contributed by atoms with Gasteiger partial charge in [0, 0.05) is 25.4 Å². The number of piperazine rings is 1. The Bertz CT molecular complexity index is 525. The second kappa shape index (κ2) is 6.28. The Morgan fingerprint density at radius 1 is 1.38 bits per heavy atom. The molecule has 0 bridgehead atoms. The van der Waals surface area contributed by atoms with Gasteiger partial charge >= 0.3 is 0 Å². The lowest BCUT2D eigenvalue weighted by Crippen LogP contribution is -2.64. The summed E-state index contributed by atoms with van der Waals surface area (Å²) in [6.07, 6.45) is 5.09. The largest absolute Gasteiger partial charge is 0.342 e. The molecule has 1 aromatic rings. The molecule has 0 spiro atoms. The van der Waals surface area contributed by atoms with Gasteiger partial charge in [-0.2, -0.15) is 5.10 Å². The summed E-state index contributed by atoms with van der Waals surface area (Å²) in [5.41, 5.74) is 0.946. The quantitative estimate of drug-likeness (QED) is 0.883. The van der Waals surface area contributed by atoms with Gasteiger partial charge in [-0.1, -0.05) is 27.2 Å². The summed E-state index contributed by atoms with van der Waals surface area (Å²) < 4.78 is 1.71. The van der Waals surface area contributed by atoms with Crippen molar-refractivity contribution < 1.29 is 9.59 Å². The molecule has 116 valence electrons. The fourth-order valence-corrected chi connectivity index (χ4v) is 2.75. The van der Waals surface area contributed by atoms with Crippen molar-refractivity contribution in [3.8, 4) is 0 Å². The van der Waals surface area contributed by atoms with E-state index in [9.17, 15) is 9.59 Å². The van der Waals surface area contributed by atoms with Crippen molar-refractivity contribution >= 4 is 11.8 Å². The Morgan fingerprint density at radius 2 is 2.10 bits per heavy atom. The molecule has 3 atom stereocenters. The van der Waals surface area contributed by atoms with Crippen LogP contribution in [-0.4, -0.2) is 38.6 Å². The summed E-state index contributed by atoms with van der Waals surface area (Å²) >= 11 is 0. The summed E-state index contributed by atoms with van der Waals surface area (Å²) in [6, 6.07) is -0.806. The Balaban J connectivity index is 2.24. The van der Waals surface area contributed by atoms with E-state index in [2.05, 4.69) is 10.4 Å². The fraction of sp³-hybridized carbons (Fsp3) is 0.667. The summed E-state index contributed by atoms with van der Waals surface area (Å²) in [6.45, 7) is 6.39. The minimum atomic E-state index is -0.415. The van der Waals surface area contributed by atoms with Gasteiger partial charge in [-0.15, -0.1) is 0 Å². The number of rotatable bonds is 5.